The molecule has 0 amide bonds. The van der Waals surface area contributed by atoms with Gasteiger partial charge in [0.25, 0.3) is 0 Å². The van der Waals surface area contributed by atoms with E-state index >= 15 is 0 Å². The highest BCUT2D eigenvalue weighted by Crippen LogP contribution is 2.14. The Morgan fingerprint density at radius 1 is 1.22 bits per heavy atom. The van der Waals surface area contributed by atoms with Gasteiger partial charge in [-0.25, -0.2) is 9.97 Å². The number of hydrogen-bond donors (Lipinski definition) is 3. The maximum atomic E-state index is 4.01. The van der Waals surface area contributed by atoms with E-state index in [4.69, 9.17) is 0 Å². The summed E-state index contributed by atoms with van der Waals surface area (Å²) in [6.07, 6.45) is 1.56. The highest BCUT2D eigenvalue weighted by molar-refractivity contribution is 7.83. The Kier molecular flexibility index (Phi) is 2.26. The molecule has 48 valence electrons. The maximum absolute atomic E-state index is 4.01. The SMILES string of the molecule is Sc1ncc(S)c(S)n1. The summed E-state index contributed by atoms with van der Waals surface area (Å²) in [7, 11) is 0. The first-order valence-electron chi connectivity index (χ1n) is 2.14. The fourth-order valence-electron chi connectivity index (χ4n) is 0.357. The molecule has 0 aromatic carbocycles. The Morgan fingerprint density at radius 2 is 1.89 bits per heavy atom. The first-order valence-corrected chi connectivity index (χ1v) is 3.48. The van der Waals surface area contributed by atoms with Crippen LogP contribution in [-0.4, -0.2) is 9.97 Å². The molecule has 1 rings (SSSR count). The molecule has 0 spiro atoms. The summed E-state index contributed by atoms with van der Waals surface area (Å²) in [6, 6.07) is 0. The third-order valence-corrected chi connectivity index (χ3v) is 1.80. The van der Waals surface area contributed by atoms with E-state index in [-0.39, 0.29) is 0 Å². The molecule has 1 aromatic rings. The van der Waals surface area contributed by atoms with Crippen molar-refractivity contribution in [3.63, 3.8) is 0 Å². The predicted molar refractivity (Wildman–Crippen MR) is 43.8 cm³/mol. The Bertz CT molecular complexity index is 225. The zero-order valence-electron chi connectivity index (χ0n) is 4.31. The van der Waals surface area contributed by atoms with E-state index < -0.39 is 0 Å². The Balaban J connectivity index is 3.17. The van der Waals surface area contributed by atoms with Crippen molar-refractivity contribution in [3.8, 4) is 0 Å². The van der Waals surface area contributed by atoms with Gasteiger partial charge in [0.05, 0.1) is 4.90 Å². The average molecular weight is 176 g/mol. The van der Waals surface area contributed by atoms with Gasteiger partial charge in [0.15, 0.2) is 5.16 Å². The highest BCUT2D eigenvalue weighted by Gasteiger charge is 1.94. The van der Waals surface area contributed by atoms with Crippen LogP contribution in [0.4, 0.5) is 0 Å². The van der Waals surface area contributed by atoms with Gasteiger partial charge >= 0.3 is 0 Å². The van der Waals surface area contributed by atoms with Crippen LogP contribution in [-0.2, 0) is 0 Å². The van der Waals surface area contributed by atoms with Crippen molar-refractivity contribution in [1.82, 2.24) is 9.97 Å². The van der Waals surface area contributed by atoms with Gasteiger partial charge in [0, 0.05) is 6.20 Å². The van der Waals surface area contributed by atoms with E-state index in [0.717, 1.165) is 0 Å². The van der Waals surface area contributed by atoms with Crippen LogP contribution in [0.15, 0.2) is 21.3 Å². The maximum Gasteiger partial charge on any atom is 0.185 e. The summed E-state index contributed by atoms with van der Waals surface area (Å²) < 4.78 is 0. The van der Waals surface area contributed by atoms with Gasteiger partial charge in [0.1, 0.15) is 5.03 Å². The van der Waals surface area contributed by atoms with Crippen LogP contribution in [0.25, 0.3) is 0 Å². The molecular weight excluding hydrogens is 172 g/mol. The van der Waals surface area contributed by atoms with Crippen molar-refractivity contribution in [3.05, 3.63) is 6.20 Å². The van der Waals surface area contributed by atoms with Gasteiger partial charge in [-0.2, -0.15) is 0 Å². The normalized spacial score (nSPS) is 9.67. The van der Waals surface area contributed by atoms with Crippen molar-refractivity contribution in [2.75, 3.05) is 0 Å². The first-order chi connectivity index (χ1) is 4.20. The number of aromatic nitrogens is 2. The van der Waals surface area contributed by atoms with E-state index in [1.54, 1.807) is 6.20 Å². The van der Waals surface area contributed by atoms with Crippen LogP contribution < -0.4 is 0 Å². The minimum Gasteiger partial charge on any atom is -0.230 e. The molecule has 0 unspecified atom stereocenters. The number of nitrogens with zero attached hydrogens (tertiary/aromatic N) is 2. The van der Waals surface area contributed by atoms with E-state index in [1.165, 1.54) is 0 Å². The average Bonchev–Trinajstić information content (AvgIpc) is 1.80. The van der Waals surface area contributed by atoms with Crippen molar-refractivity contribution in [1.29, 1.82) is 0 Å². The van der Waals surface area contributed by atoms with Crippen molar-refractivity contribution >= 4 is 37.9 Å². The third kappa shape index (κ3) is 1.77. The molecule has 0 aliphatic rings. The summed E-state index contributed by atoms with van der Waals surface area (Å²) in [5, 5.41) is 0.969. The van der Waals surface area contributed by atoms with E-state index in [1.807, 2.05) is 0 Å². The van der Waals surface area contributed by atoms with E-state index in [0.29, 0.717) is 15.1 Å². The lowest BCUT2D eigenvalue weighted by molar-refractivity contribution is 0.848. The minimum atomic E-state index is 0.415. The molecule has 1 heterocycles. The molecule has 0 N–H and O–H groups in total. The second-order valence-corrected chi connectivity index (χ2v) is 2.68. The molecule has 1 aromatic heterocycles. The Hall–Kier alpha value is 0.130. The highest BCUT2D eigenvalue weighted by atomic mass is 32.1. The Labute approximate surface area is 69.3 Å². The summed E-state index contributed by atoms with van der Waals surface area (Å²) in [4.78, 5) is 8.24. The van der Waals surface area contributed by atoms with Gasteiger partial charge in [-0.1, -0.05) is 0 Å². The fraction of sp³-hybridized carbons (Fsp3) is 0. The van der Waals surface area contributed by atoms with Crippen LogP contribution in [0.5, 0.6) is 0 Å². The standard InChI is InChI=1S/C4H4N2S3/c7-2-1-5-4(9)6-3(2)8/h1,7H,(H2,5,6,8,9). The second kappa shape index (κ2) is 2.81. The lowest BCUT2D eigenvalue weighted by Gasteiger charge is -1.94. The number of thiol groups is 3. The minimum absolute atomic E-state index is 0.415. The summed E-state index contributed by atoms with van der Waals surface area (Å²) in [6.45, 7) is 0. The van der Waals surface area contributed by atoms with Crippen LogP contribution in [0.1, 0.15) is 0 Å². The molecule has 0 saturated carbocycles. The topological polar surface area (TPSA) is 25.8 Å². The molecular formula is C4H4N2S3. The summed E-state index contributed by atoms with van der Waals surface area (Å²) in [5.41, 5.74) is 0. The monoisotopic (exact) mass is 176 g/mol. The van der Waals surface area contributed by atoms with Crippen LogP contribution in [0, 0.1) is 0 Å². The zero-order valence-corrected chi connectivity index (χ0v) is 7.00. The van der Waals surface area contributed by atoms with Gasteiger partial charge in [-0.3, -0.25) is 0 Å². The van der Waals surface area contributed by atoms with Gasteiger partial charge < -0.3 is 0 Å². The number of rotatable bonds is 0. The van der Waals surface area contributed by atoms with Crippen LogP contribution in [0.2, 0.25) is 0 Å². The van der Waals surface area contributed by atoms with Crippen molar-refractivity contribution in [2.24, 2.45) is 0 Å². The molecule has 0 bridgehead atoms. The molecule has 5 heteroatoms. The smallest absolute Gasteiger partial charge is 0.185 e. The molecule has 0 saturated heterocycles. The quantitative estimate of drug-likeness (QED) is 0.316. The molecule has 0 radical (unpaired) electrons. The molecule has 0 fully saturated rings. The zero-order chi connectivity index (χ0) is 6.85. The predicted octanol–water partition coefficient (Wildman–Crippen LogP) is 1.34. The fourth-order valence-corrected chi connectivity index (χ4v) is 0.854. The summed E-state index contributed by atoms with van der Waals surface area (Å²) >= 11 is 11.9. The van der Waals surface area contributed by atoms with Crippen molar-refractivity contribution in [2.45, 2.75) is 15.1 Å². The van der Waals surface area contributed by atoms with Crippen LogP contribution in [0.3, 0.4) is 0 Å². The molecule has 9 heavy (non-hydrogen) atoms. The van der Waals surface area contributed by atoms with E-state index in [2.05, 4.69) is 47.9 Å². The largest absolute Gasteiger partial charge is 0.230 e. The first kappa shape index (κ1) is 7.24. The molecule has 2 nitrogen and oxygen atoms in total. The van der Waals surface area contributed by atoms with Crippen molar-refractivity contribution < 1.29 is 0 Å². The lowest BCUT2D eigenvalue weighted by Crippen LogP contribution is -1.84. The molecule has 0 atom stereocenters. The van der Waals surface area contributed by atoms with Crippen LogP contribution >= 0.6 is 37.9 Å². The van der Waals surface area contributed by atoms with Gasteiger partial charge in [-0.15, -0.1) is 37.9 Å². The number of hydrogen-bond acceptors (Lipinski definition) is 5. The third-order valence-electron chi connectivity index (χ3n) is 0.737. The van der Waals surface area contributed by atoms with E-state index in [9.17, 15) is 0 Å². The lowest BCUT2D eigenvalue weighted by atomic mass is 10.7. The van der Waals surface area contributed by atoms with Gasteiger partial charge in [-0.05, 0) is 0 Å². The second-order valence-electron chi connectivity index (χ2n) is 1.38. The molecule has 0 aliphatic carbocycles. The van der Waals surface area contributed by atoms with Gasteiger partial charge in [0.2, 0.25) is 0 Å². The molecule has 0 aliphatic heterocycles. The Morgan fingerprint density at radius 3 is 2.33 bits per heavy atom. The summed E-state index contributed by atoms with van der Waals surface area (Å²) in [5.74, 6) is 0.